The lowest BCUT2D eigenvalue weighted by Crippen LogP contribution is -2.04. The average molecular weight is 745 g/mol. The third kappa shape index (κ3) is 5.48. The van der Waals surface area contributed by atoms with Crippen LogP contribution in [0.4, 0.5) is 0 Å². The Morgan fingerprint density at radius 3 is 1.91 bits per heavy atom. The van der Waals surface area contributed by atoms with Crippen LogP contribution >= 0.6 is 11.3 Å². The lowest BCUT2D eigenvalue weighted by atomic mass is 10.0. The second kappa shape index (κ2) is 13.3. The third-order valence-corrected chi connectivity index (χ3v) is 10.9. The van der Waals surface area contributed by atoms with Crippen molar-refractivity contribution >= 4 is 53.3 Å². The maximum absolute atomic E-state index is 9.75. The van der Waals surface area contributed by atoms with E-state index in [2.05, 4.69) is 12.1 Å². The largest absolute Gasteiger partial charge is 0.308 e. The number of para-hydroxylation sites is 1. The molecule has 0 N–H and O–H groups in total. The average Bonchev–Trinajstić information content (AvgIpc) is 3.93. The zero-order chi connectivity index (χ0) is 47.4. The molecule has 0 saturated carbocycles. The molecule has 0 spiro atoms. The molecule has 262 valence electrons. The number of rotatable bonds is 6. The van der Waals surface area contributed by atoms with Gasteiger partial charge in [0.05, 0.1) is 33.2 Å². The van der Waals surface area contributed by atoms with E-state index in [9.17, 15) is 6.85 Å². The van der Waals surface area contributed by atoms with Crippen LogP contribution in [0.3, 0.4) is 0 Å². The van der Waals surface area contributed by atoms with Crippen molar-refractivity contribution in [3.05, 3.63) is 194 Å². The van der Waals surface area contributed by atoms with Crippen LogP contribution in [-0.2, 0) is 0 Å². The van der Waals surface area contributed by atoms with Gasteiger partial charge in [0.15, 0.2) is 17.5 Å². The first kappa shape index (κ1) is 22.2. The molecule has 56 heavy (non-hydrogen) atoms. The number of benzene rings is 8. The zero-order valence-corrected chi connectivity index (χ0v) is 30.1. The molecule has 0 aliphatic heterocycles. The van der Waals surface area contributed by atoms with Gasteiger partial charge in [0, 0.05) is 47.6 Å². The SMILES string of the molecule is [2H]c1c([2H])c([2H])c(-c2c([2H])c([2H])c3c(c2[2H])c2c([2H])c([2H])c([2H])c([2H])c2n3-c2cc(-c3ccccc3)ccc2-c2nc(-c3ccccc3)nc(-c3ccc4c(c3)sc3ccccc34)n2)c([2H])c1[2H]. The first-order valence-corrected chi connectivity index (χ1v) is 18.6. The Morgan fingerprint density at radius 1 is 0.411 bits per heavy atom. The summed E-state index contributed by atoms with van der Waals surface area (Å²) in [6.07, 6.45) is 0. The Bertz CT molecular complexity index is 3920. The van der Waals surface area contributed by atoms with Crippen molar-refractivity contribution in [2.24, 2.45) is 0 Å². The molecule has 3 heterocycles. The molecule has 0 atom stereocenters. The second-order valence-corrected chi connectivity index (χ2v) is 14.2. The first-order valence-electron chi connectivity index (χ1n) is 23.8. The standard InChI is InChI=1S/C51H32N4S/c1-4-14-33(15-5-1)36-26-29-45-43(30-36)39-20-10-12-22-44(39)55(45)46-31-37(34-16-6-2-7-17-34)24-28-42(46)51-53-49(35-18-8-3-9-19-35)52-50(54-51)38-25-27-41-40-21-11-13-23-47(40)56-48(41)32-38/h1-32H/i1D,4D,5D,10D,12D,14D,15D,20D,22D,26D,29D,30D. The van der Waals surface area contributed by atoms with Crippen LogP contribution in [0.5, 0.6) is 0 Å². The predicted octanol–water partition coefficient (Wildman–Crippen LogP) is 13.7. The van der Waals surface area contributed by atoms with Crippen molar-refractivity contribution in [2.75, 3.05) is 0 Å². The van der Waals surface area contributed by atoms with Gasteiger partial charge in [-0.15, -0.1) is 11.3 Å². The van der Waals surface area contributed by atoms with Gasteiger partial charge in [0.1, 0.15) is 0 Å². The van der Waals surface area contributed by atoms with Crippen LogP contribution in [0.1, 0.15) is 16.4 Å². The summed E-state index contributed by atoms with van der Waals surface area (Å²) in [5.74, 6) is 0.868. The molecule has 4 nitrogen and oxygen atoms in total. The molecule has 0 bridgehead atoms. The summed E-state index contributed by atoms with van der Waals surface area (Å²) in [6.45, 7) is 0. The summed E-state index contributed by atoms with van der Waals surface area (Å²) in [4.78, 5) is 15.2. The van der Waals surface area contributed by atoms with Gasteiger partial charge in [-0.3, -0.25) is 0 Å². The number of hydrogen-bond donors (Lipinski definition) is 0. The van der Waals surface area contributed by atoms with Gasteiger partial charge in [-0.1, -0.05) is 151 Å². The summed E-state index contributed by atoms with van der Waals surface area (Å²) >= 11 is 1.65. The molecule has 11 rings (SSSR count). The number of nitrogens with zero attached hydrogens (tertiary/aromatic N) is 4. The Kier molecular flexibility index (Phi) is 5.27. The van der Waals surface area contributed by atoms with Crippen LogP contribution in [0.2, 0.25) is 0 Å². The fourth-order valence-electron chi connectivity index (χ4n) is 7.18. The quantitative estimate of drug-likeness (QED) is 0.170. The lowest BCUT2D eigenvalue weighted by Gasteiger charge is -2.16. The summed E-state index contributed by atoms with van der Waals surface area (Å²) in [5, 5.41) is 1.88. The Labute approximate surface area is 344 Å². The highest BCUT2D eigenvalue weighted by molar-refractivity contribution is 7.25. The molecule has 0 aliphatic carbocycles. The maximum Gasteiger partial charge on any atom is 0.166 e. The van der Waals surface area contributed by atoms with Gasteiger partial charge in [-0.05, 0) is 64.6 Å². The molecule has 0 saturated heterocycles. The fourth-order valence-corrected chi connectivity index (χ4v) is 8.32. The van der Waals surface area contributed by atoms with Crippen molar-refractivity contribution in [3.63, 3.8) is 0 Å². The highest BCUT2D eigenvalue weighted by Crippen LogP contribution is 2.40. The lowest BCUT2D eigenvalue weighted by molar-refractivity contribution is 1.07. The third-order valence-electron chi connectivity index (χ3n) is 9.80. The van der Waals surface area contributed by atoms with E-state index in [0.29, 0.717) is 33.9 Å². The Balaban J connectivity index is 1.27. The van der Waals surface area contributed by atoms with Gasteiger partial charge in [0.25, 0.3) is 0 Å². The molecule has 0 fully saturated rings. The zero-order valence-electron chi connectivity index (χ0n) is 41.2. The highest BCUT2D eigenvalue weighted by Gasteiger charge is 2.21. The van der Waals surface area contributed by atoms with Gasteiger partial charge in [-0.25, -0.2) is 15.0 Å². The van der Waals surface area contributed by atoms with E-state index in [0.717, 1.165) is 25.7 Å². The molecular formula is C51H32N4S. The second-order valence-electron chi connectivity index (χ2n) is 13.1. The minimum absolute atomic E-state index is 0.121. The van der Waals surface area contributed by atoms with E-state index < -0.39 is 83.6 Å². The monoisotopic (exact) mass is 744 g/mol. The highest BCUT2D eigenvalue weighted by atomic mass is 32.1. The molecule has 0 aliphatic rings. The van der Waals surface area contributed by atoms with E-state index >= 15 is 0 Å². The summed E-state index contributed by atoms with van der Waals surface area (Å²) in [5.41, 5.74) is 2.28. The Morgan fingerprint density at radius 2 is 1.07 bits per heavy atom. The van der Waals surface area contributed by atoms with Crippen LogP contribution in [0, 0.1) is 0 Å². The van der Waals surface area contributed by atoms with Crippen molar-refractivity contribution in [1.29, 1.82) is 0 Å². The van der Waals surface area contributed by atoms with Crippen LogP contribution < -0.4 is 0 Å². The summed E-state index contributed by atoms with van der Waals surface area (Å²) in [7, 11) is 0. The number of aromatic nitrogens is 4. The molecule has 8 aromatic carbocycles. The fraction of sp³-hybridized carbons (Fsp3) is 0. The minimum Gasteiger partial charge on any atom is -0.308 e. The Hall–Kier alpha value is -7.21. The van der Waals surface area contributed by atoms with Crippen molar-refractivity contribution in [2.45, 2.75) is 0 Å². The maximum atomic E-state index is 9.75. The van der Waals surface area contributed by atoms with Crippen molar-refractivity contribution < 1.29 is 16.4 Å². The van der Waals surface area contributed by atoms with E-state index in [-0.39, 0.29) is 33.3 Å². The van der Waals surface area contributed by atoms with Crippen LogP contribution in [0.25, 0.3) is 104 Å². The first-order chi connectivity index (χ1) is 32.7. The van der Waals surface area contributed by atoms with Gasteiger partial charge in [0.2, 0.25) is 0 Å². The predicted molar refractivity (Wildman–Crippen MR) is 234 cm³/mol. The molecular weight excluding hydrogens is 701 g/mol. The van der Waals surface area contributed by atoms with Gasteiger partial charge >= 0.3 is 0 Å². The van der Waals surface area contributed by atoms with E-state index in [1.165, 1.54) is 4.57 Å². The van der Waals surface area contributed by atoms with Crippen LogP contribution in [-0.4, -0.2) is 19.5 Å². The normalized spacial score (nSPS) is 14.6. The number of hydrogen-bond acceptors (Lipinski definition) is 4. The molecule has 3 aromatic heterocycles. The van der Waals surface area contributed by atoms with Crippen molar-refractivity contribution in [1.82, 2.24) is 19.5 Å². The molecule has 11 aromatic rings. The van der Waals surface area contributed by atoms with Gasteiger partial charge < -0.3 is 4.57 Å². The minimum atomic E-state index is -0.700. The van der Waals surface area contributed by atoms with E-state index in [4.69, 9.17) is 24.5 Å². The summed E-state index contributed by atoms with van der Waals surface area (Å²) < 4.78 is 112. The number of fused-ring (bicyclic) bond motifs is 6. The molecule has 0 unspecified atom stereocenters. The topological polar surface area (TPSA) is 43.6 Å². The summed E-state index contributed by atoms with van der Waals surface area (Å²) in [6, 6.07) is 31.1. The number of thiophene rings is 1. The van der Waals surface area contributed by atoms with E-state index in [1.54, 1.807) is 23.5 Å². The molecule has 0 radical (unpaired) electrons. The van der Waals surface area contributed by atoms with E-state index in [1.807, 2.05) is 97.1 Å². The van der Waals surface area contributed by atoms with Crippen molar-refractivity contribution in [3.8, 4) is 62.1 Å². The molecule has 5 heteroatoms. The van der Waals surface area contributed by atoms with Crippen LogP contribution in [0.15, 0.2) is 194 Å². The van der Waals surface area contributed by atoms with Gasteiger partial charge in [-0.2, -0.15) is 0 Å². The smallest absolute Gasteiger partial charge is 0.166 e. The molecule has 0 amide bonds.